The summed E-state index contributed by atoms with van der Waals surface area (Å²) in [5.41, 5.74) is 6.62. The number of hydrogen-bond donors (Lipinski definition) is 2. The van der Waals surface area contributed by atoms with Crippen molar-refractivity contribution < 1.29 is 0 Å². The first-order chi connectivity index (χ1) is 21.2. The summed E-state index contributed by atoms with van der Waals surface area (Å²) < 4.78 is 0. The quantitative estimate of drug-likeness (QED) is 0.212. The van der Waals surface area contributed by atoms with Gasteiger partial charge in [0, 0.05) is 43.8 Å². The van der Waals surface area contributed by atoms with Crippen LogP contribution < -0.4 is 0 Å². The molecule has 0 amide bonds. The molecule has 0 fully saturated rings. The summed E-state index contributed by atoms with van der Waals surface area (Å²) in [6, 6.07) is 24.3. The number of nitrogens with one attached hydrogen (secondary N) is 2. The third-order valence-corrected chi connectivity index (χ3v) is 8.32. The predicted molar refractivity (Wildman–Crippen MR) is 170 cm³/mol. The number of rotatable bonds is 2. The molecule has 0 radical (unpaired) electrons. The average Bonchev–Trinajstić information content (AvgIpc) is 3.77. The van der Waals surface area contributed by atoms with Crippen LogP contribution in [0.5, 0.6) is 0 Å². The number of benzene rings is 3. The van der Waals surface area contributed by atoms with E-state index in [-0.39, 0.29) is 0 Å². The van der Waals surface area contributed by atoms with Gasteiger partial charge in [-0.15, -0.1) is 6.58 Å². The van der Waals surface area contributed by atoms with Crippen molar-refractivity contribution in [1.29, 1.82) is 0 Å². The maximum atomic E-state index is 5.12. The van der Waals surface area contributed by atoms with Gasteiger partial charge >= 0.3 is 0 Å². The van der Waals surface area contributed by atoms with E-state index in [0.717, 1.165) is 56.7 Å². The number of hydrogen-bond acceptors (Lipinski definition) is 6. The van der Waals surface area contributed by atoms with Crippen LogP contribution >= 0.6 is 0 Å². The first-order valence-corrected chi connectivity index (χ1v) is 14.4. The molecule has 8 heteroatoms. The Morgan fingerprint density at radius 2 is 1.02 bits per heavy atom. The Hall–Kier alpha value is -5.76. The van der Waals surface area contributed by atoms with Crippen molar-refractivity contribution in [3.05, 3.63) is 109 Å². The summed E-state index contributed by atoms with van der Waals surface area (Å²) in [5, 5.41) is 3.85. The van der Waals surface area contributed by atoms with Crippen LogP contribution in [0.1, 0.15) is 24.5 Å². The largest absolute Gasteiger partial charge is 0.324 e. The van der Waals surface area contributed by atoms with E-state index in [0.29, 0.717) is 51.8 Å². The number of H-pyrrole nitrogens is 2. The second kappa shape index (κ2) is 9.12. The zero-order valence-electron chi connectivity index (χ0n) is 23.0. The molecule has 9 rings (SSSR count). The fraction of sp³-hybridized carbons (Fsp3) is 0.0857. The second-order valence-electron chi connectivity index (χ2n) is 11.0. The Morgan fingerprint density at radius 3 is 1.53 bits per heavy atom. The van der Waals surface area contributed by atoms with Gasteiger partial charge in [-0.2, -0.15) is 0 Å². The van der Waals surface area contributed by atoms with E-state index in [2.05, 4.69) is 53.0 Å². The lowest BCUT2D eigenvalue weighted by atomic mass is 9.89. The van der Waals surface area contributed by atoms with Crippen molar-refractivity contribution in [2.75, 3.05) is 0 Å². The molecular formula is C35H24N8. The zero-order chi connectivity index (χ0) is 28.5. The Balaban J connectivity index is 1.46. The van der Waals surface area contributed by atoms with Gasteiger partial charge in [0.1, 0.15) is 22.6 Å². The fourth-order valence-corrected chi connectivity index (χ4v) is 6.28. The van der Waals surface area contributed by atoms with Crippen molar-refractivity contribution in [2.24, 2.45) is 5.92 Å². The SMILES string of the molecule is C=CCC1C=C2C(=CC1)c1nc2nc2[nH]c(nc3nc(nc4[nH]c(n1)c1ccccc41)-c1ccccc1-3)c1ccccc21. The summed E-state index contributed by atoms with van der Waals surface area (Å²) in [5.74, 6) is 2.79. The molecule has 1 atom stereocenters. The topological polar surface area (TPSA) is 109 Å². The first-order valence-electron chi connectivity index (χ1n) is 14.4. The summed E-state index contributed by atoms with van der Waals surface area (Å²) in [7, 11) is 0. The van der Waals surface area contributed by atoms with Gasteiger partial charge in [-0.1, -0.05) is 91.0 Å². The molecule has 1 aliphatic carbocycles. The predicted octanol–water partition coefficient (Wildman–Crippen LogP) is 7.60. The highest BCUT2D eigenvalue weighted by Crippen LogP contribution is 2.40. The number of aromatic amines is 2. The molecule has 0 spiro atoms. The normalized spacial score (nSPS) is 15.6. The molecule has 8 bridgehead atoms. The van der Waals surface area contributed by atoms with E-state index in [9.17, 15) is 0 Å². The second-order valence-corrected chi connectivity index (χ2v) is 11.0. The summed E-state index contributed by atoms with van der Waals surface area (Å²) in [4.78, 5) is 37.2. The third-order valence-electron chi connectivity index (χ3n) is 8.32. The molecule has 3 aromatic carbocycles. The van der Waals surface area contributed by atoms with E-state index >= 15 is 0 Å². The van der Waals surface area contributed by atoms with Gasteiger partial charge in [-0.25, -0.2) is 29.9 Å². The molecular weight excluding hydrogens is 532 g/mol. The maximum absolute atomic E-state index is 5.12. The highest BCUT2D eigenvalue weighted by molar-refractivity contribution is 6.09. The Labute approximate surface area is 245 Å². The van der Waals surface area contributed by atoms with Gasteiger partial charge in [-0.3, -0.25) is 0 Å². The molecule has 1 unspecified atom stereocenters. The van der Waals surface area contributed by atoms with Gasteiger partial charge in [0.15, 0.2) is 23.3 Å². The van der Waals surface area contributed by atoms with E-state index < -0.39 is 0 Å². The van der Waals surface area contributed by atoms with Crippen LogP contribution in [0.2, 0.25) is 0 Å². The molecule has 204 valence electrons. The van der Waals surface area contributed by atoms with Gasteiger partial charge in [0.2, 0.25) is 0 Å². The Morgan fingerprint density at radius 1 is 0.581 bits per heavy atom. The molecule has 3 aromatic heterocycles. The van der Waals surface area contributed by atoms with E-state index in [1.807, 2.05) is 54.6 Å². The van der Waals surface area contributed by atoms with Crippen molar-refractivity contribution in [2.45, 2.75) is 12.8 Å². The number of nitrogens with zero attached hydrogens (tertiary/aromatic N) is 6. The van der Waals surface area contributed by atoms with Gasteiger partial charge < -0.3 is 9.97 Å². The fourth-order valence-electron chi connectivity index (χ4n) is 6.28. The lowest BCUT2D eigenvalue weighted by molar-refractivity contribution is 0.674. The van der Waals surface area contributed by atoms with E-state index in [1.54, 1.807) is 0 Å². The average molecular weight is 557 g/mol. The molecule has 2 aliphatic heterocycles. The highest BCUT2D eigenvalue weighted by atomic mass is 15.1. The number of allylic oxidation sites excluding steroid dienone is 5. The van der Waals surface area contributed by atoms with Crippen LogP contribution in [-0.2, 0) is 0 Å². The zero-order valence-corrected chi connectivity index (χ0v) is 23.0. The lowest BCUT2D eigenvalue weighted by Crippen LogP contribution is -2.01. The summed E-state index contributed by atoms with van der Waals surface area (Å²) in [6.07, 6.45) is 8.24. The van der Waals surface area contributed by atoms with Crippen molar-refractivity contribution in [3.8, 4) is 22.8 Å². The van der Waals surface area contributed by atoms with Crippen molar-refractivity contribution >= 4 is 55.3 Å². The highest BCUT2D eigenvalue weighted by Gasteiger charge is 2.27. The van der Waals surface area contributed by atoms with Crippen LogP contribution in [0.25, 0.3) is 78.1 Å². The molecule has 8 nitrogen and oxygen atoms in total. The van der Waals surface area contributed by atoms with Crippen LogP contribution in [-0.4, -0.2) is 39.9 Å². The van der Waals surface area contributed by atoms with E-state index in [1.165, 1.54) is 0 Å². The molecule has 0 saturated carbocycles. The lowest BCUT2D eigenvalue weighted by Gasteiger charge is -2.15. The molecule has 0 saturated heterocycles. The maximum Gasteiger partial charge on any atom is 0.164 e. The molecule has 5 heterocycles. The van der Waals surface area contributed by atoms with Gasteiger partial charge in [0.05, 0.1) is 0 Å². The Bertz CT molecular complexity index is 2390. The van der Waals surface area contributed by atoms with Crippen LogP contribution in [0.15, 0.2) is 97.6 Å². The minimum atomic E-state index is 0.332. The minimum absolute atomic E-state index is 0.332. The van der Waals surface area contributed by atoms with E-state index in [4.69, 9.17) is 29.9 Å². The van der Waals surface area contributed by atoms with Crippen molar-refractivity contribution in [1.82, 2.24) is 39.9 Å². The molecule has 6 aromatic rings. The molecule has 3 aliphatic rings. The Kier molecular flexibility index (Phi) is 5.07. The van der Waals surface area contributed by atoms with Crippen LogP contribution in [0.4, 0.5) is 0 Å². The summed E-state index contributed by atoms with van der Waals surface area (Å²) in [6.45, 7) is 3.96. The summed E-state index contributed by atoms with van der Waals surface area (Å²) >= 11 is 0. The number of fused-ring (bicyclic) bond motifs is 20. The standard InChI is InChI=1S/C35H24N8/c1-2-9-19-16-17-26-27(18-19)35-42-33-25-15-8-7-14-24(25)31(40-33)38-29-21-11-4-3-10-20(21)28(36-29)37-30-22-12-5-6-13-23(22)32(39-30)41-34(26)43-35/h2-8,10-15,17-19H,1,9,16H2,(H2,36,37,38,39,40,41,42,43). The smallest absolute Gasteiger partial charge is 0.164 e. The molecule has 2 N–H and O–H groups in total. The number of aromatic nitrogens is 8. The molecule has 43 heavy (non-hydrogen) atoms. The van der Waals surface area contributed by atoms with Gasteiger partial charge in [0.25, 0.3) is 0 Å². The van der Waals surface area contributed by atoms with Gasteiger partial charge in [-0.05, 0) is 18.8 Å². The minimum Gasteiger partial charge on any atom is -0.324 e. The van der Waals surface area contributed by atoms with Crippen LogP contribution in [0, 0.1) is 5.92 Å². The third kappa shape index (κ3) is 3.69. The van der Waals surface area contributed by atoms with Crippen molar-refractivity contribution in [3.63, 3.8) is 0 Å². The monoisotopic (exact) mass is 556 g/mol. The first kappa shape index (κ1) is 23.9. The van der Waals surface area contributed by atoms with Crippen LogP contribution in [0.3, 0.4) is 0 Å².